The number of halogens is 1. The van der Waals surface area contributed by atoms with E-state index in [1.807, 2.05) is 6.08 Å². The van der Waals surface area contributed by atoms with Gasteiger partial charge in [0.2, 0.25) is 0 Å². The largest absolute Gasteiger partial charge is 0.338 e. The van der Waals surface area contributed by atoms with Crippen LogP contribution in [0.3, 0.4) is 0 Å². The summed E-state index contributed by atoms with van der Waals surface area (Å²) in [4.78, 5) is 11.4. The normalized spacial score (nSPS) is 14.7. The van der Waals surface area contributed by atoms with Gasteiger partial charge in [-0.2, -0.15) is 0 Å². The zero-order valence-electron chi connectivity index (χ0n) is 10.2. The van der Waals surface area contributed by atoms with E-state index >= 15 is 0 Å². The second-order valence-corrected chi connectivity index (χ2v) is 4.47. The molecule has 1 aromatic carbocycles. The highest BCUT2D eigenvalue weighted by Gasteiger charge is 2.16. The van der Waals surface area contributed by atoms with Crippen molar-refractivity contribution < 1.29 is 9.18 Å². The maximum atomic E-state index is 12.7. The lowest BCUT2D eigenvalue weighted by Gasteiger charge is -2.04. The summed E-state index contributed by atoms with van der Waals surface area (Å²) in [7, 11) is 0. The van der Waals surface area contributed by atoms with Crippen molar-refractivity contribution in [3.63, 3.8) is 0 Å². The number of allylic oxidation sites excluding steroid dienone is 1. The Bertz CT molecular complexity index is 424. The predicted molar refractivity (Wildman–Crippen MR) is 68.5 cm³/mol. The van der Waals surface area contributed by atoms with E-state index in [1.54, 1.807) is 18.3 Å². The van der Waals surface area contributed by atoms with E-state index in [9.17, 15) is 9.18 Å². The number of urea groups is 1. The lowest BCUT2D eigenvalue weighted by Crippen LogP contribution is -2.33. The average Bonchev–Trinajstić information content (AvgIpc) is 3.16. The molecule has 2 rings (SSSR count). The lowest BCUT2D eigenvalue weighted by molar-refractivity contribution is 0.244. The number of carbonyl (C=O) groups is 1. The minimum absolute atomic E-state index is 0.200. The van der Waals surface area contributed by atoms with Gasteiger partial charge in [-0.05, 0) is 42.9 Å². The van der Waals surface area contributed by atoms with Gasteiger partial charge in [-0.1, -0.05) is 18.2 Å². The summed E-state index contributed by atoms with van der Waals surface area (Å²) in [5.74, 6) is 0.416. The van der Waals surface area contributed by atoms with E-state index in [2.05, 4.69) is 10.6 Å². The van der Waals surface area contributed by atoms with Gasteiger partial charge in [-0.15, -0.1) is 0 Å². The van der Waals surface area contributed by atoms with Crippen LogP contribution in [-0.2, 0) is 6.42 Å². The molecular weight excluding hydrogens is 231 g/mol. The van der Waals surface area contributed by atoms with Gasteiger partial charge in [-0.3, -0.25) is 0 Å². The molecule has 1 fully saturated rings. The number of benzene rings is 1. The van der Waals surface area contributed by atoms with E-state index in [0.717, 1.165) is 5.56 Å². The predicted octanol–water partition coefficient (Wildman–Crippen LogP) is 2.59. The van der Waals surface area contributed by atoms with E-state index in [4.69, 9.17) is 0 Å². The Morgan fingerprint density at radius 2 is 2.06 bits per heavy atom. The Kier molecular flexibility index (Phi) is 4.34. The molecule has 0 saturated heterocycles. The number of hydrogen-bond donors (Lipinski definition) is 2. The fourth-order valence-electron chi connectivity index (χ4n) is 1.57. The van der Waals surface area contributed by atoms with E-state index in [-0.39, 0.29) is 11.8 Å². The van der Waals surface area contributed by atoms with Crippen LogP contribution in [0.1, 0.15) is 18.4 Å². The molecule has 0 atom stereocenters. The maximum absolute atomic E-state index is 12.7. The van der Waals surface area contributed by atoms with Crippen LogP contribution in [0.4, 0.5) is 9.18 Å². The summed E-state index contributed by atoms with van der Waals surface area (Å²) in [5, 5.41) is 5.40. The molecule has 0 bridgehead atoms. The Hall–Kier alpha value is -1.84. The van der Waals surface area contributed by atoms with E-state index in [1.165, 1.54) is 25.0 Å². The van der Waals surface area contributed by atoms with Crippen molar-refractivity contribution >= 4 is 6.03 Å². The number of hydrogen-bond acceptors (Lipinski definition) is 1. The molecule has 0 spiro atoms. The minimum Gasteiger partial charge on any atom is -0.338 e. The standard InChI is InChI=1S/C14H17FN2O/c15-13-5-3-12(4-6-13)8-10-17-14(18)16-9-7-11-1-2-11/h3-7,9,11H,1-2,8,10H2,(H2,16,17,18)/b9-7+. The summed E-state index contributed by atoms with van der Waals surface area (Å²) in [6.07, 6.45) is 6.86. The topological polar surface area (TPSA) is 41.1 Å². The lowest BCUT2D eigenvalue weighted by atomic mass is 10.1. The van der Waals surface area contributed by atoms with Gasteiger partial charge in [-0.25, -0.2) is 9.18 Å². The number of rotatable bonds is 5. The molecule has 1 aliphatic carbocycles. The zero-order chi connectivity index (χ0) is 12.8. The van der Waals surface area contributed by atoms with Crippen molar-refractivity contribution in [1.82, 2.24) is 10.6 Å². The zero-order valence-corrected chi connectivity index (χ0v) is 10.2. The van der Waals surface area contributed by atoms with Crippen LogP contribution in [0, 0.1) is 11.7 Å². The third kappa shape index (κ3) is 4.57. The SMILES string of the molecule is O=C(N/C=C/C1CC1)NCCc1ccc(F)cc1. The quantitative estimate of drug-likeness (QED) is 0.826. The molecule has 1 aromatic rings. The van der Waals surface area contributed by atoms with Gasteiger partial charge in [0.15, 0.2) is 0 Å². The molecule has 1 aliphatic rings. The molecule has 0 unspecified atom stereocenters. The van der Waals surface area contributed by atoms with Crippen molar-refractivity contribution in [1.29, 1.82) is 0 Å². The van der Waals surface area contributed by atoms with Crippen molar-refractivity contribution in [3.05, 3.63) is 47.9 Å². The second-order valence-electron chi connectivity index (χ2n) is 4.47. The third-order valence-corrected chi connectivity index (χ3v) is 2.82. The van der Waals surface area contributed by atoms with Crippen molar-refractivity contribution in [3.8, 4) is 0 Å². The van der Waals surface area contributed by atoms with Crippen LogP contribution in [0.5, 0.6) is 0 Å². The van der Waals surface area contributed by atoms with Crippen LogP contribution >= 0.6 is 0 Å². The Morgan fingerprint density at radius 3 is 2.72 bits per heavy atom. The molecule has 0 aromatic heterocycles. The van der Waals surface area contributed by atoms with E-state index < -0.39 is 0 Å². The molecule has 4 heteroatoms. The van der Waals surface area contributed by atoms with Gasteiger partial charge in [0.05, 0.1) is 0 Å². The fourth-order valence-corrected chi connectivity index (χ4v) is 1.57. The Labute approximate surface area is 106 Å². The summed E-state index contributed by atoms with van der Waals surface area (Å²) < 4.78 is 12.7. The fraction of sp³-hybridized carbons (Fsp3) is 0.357. The molecule has 96 valence electrons. The van der Waals surface area contributed by atoms with Crippen LogP contribution in [0.25, 0.3) is 0 Å². The maximum Gasteiger partial charge on any atom is 0.318 e. The van der Waals surface area contributed by atoms with Gasteiger partial charge in [0.1, 0.15) is 5.82 Å². The van der Waals surface area contributed by atoms with Gasteiger partial charge in [0.25, 0.3) is 0 Å². The highest BCUT2D eigenvalue weighted by atomic mass is 19.1. The van der Waals surface area contributed by atoms with Crippen molar-refractivity contribution in [2.24, 2.45) is 5.92 Å². The van der Waals surface area contributed by atoms with Crippen molar-refractivity contribution in [2.75, 3.05) is 6.54 Å². The molecule has 0 radical (unpaired) electrons. The molecular formula is C14H17FN2O. The number of amides is 2. The monoisotopic (exact) mass is 248 g/mol. The van der Waals surface area contributed by atoms with Gasteiger partial charge < -0.3 is 10.6 Å². The van der Waals surface area contributed by atoms with Crippen molar-refractivity contribution in [2.45, 2.75) is 19.3 Å². The molecule has 0 aliphatic heterocycles. The highest BCUT2D eigenvalue weighted by Crippen LogP contribution is 2.29. The Balaban J connectivity index is 1.61. The van der Waals surface area contributed by atoms with E-state index in [0.29, 0.717) is 18.9 Å². The first-order valence-electron chi connectivity index (χ1n) is 6.19. The molecule has 2 N–H and O–H groups in total. The highest BCUT2D eigenvalue weighted by molar-refractivity contribution is 5.74. The van der Waals surface area contributed by atoms with Crippen LogP contribution in [0.15, 0.2) is 36.5 Å². The first-order chi connectivity index (χ1) is 8.74. The van der Waals surface area contributed by atoms with Gasteiger partial charge >= 0.3 is 6.03 Å². The summed E-state index contributed by atoms with van der Waals surface area (Å²) in [6, 6.07) is 6.10. The molecule has 2 amide bonds. The molecule has 3 nitrogen and oxygen atoms in total. The first kappa shape index (κ1) is 12.6. The van der Waals surface area contributed by atoms with Crippen LogP contribution < -0.4 is 10.6 Å². The minimum atomic E-state index is -0.241. The second kappa shape index (κ2) is 6.19. The summed E-state index contributed by atoms with van der Waals surface area (Å²) in [5.41, 5.74) is 1.00. The summed E-state index contributed by atoms with van der Waals surface area (Å²) >= 11 is 0. The molecule has 1 saturated carbocycles. The summed E-state index contributed by atoms with van der Waals surface area (Å²) in [6.45, 7) is 0.536. The first-order valence-corrected chi connectivity index (χ1v) is 6.19. The number of carbonyl (C=O) groups excluding carboxylic acids is 1. The molecule has 0 heterocycles. The smallest absolute Gasteiger partial charge is 0.318 e. The number of nitrogens with one attached hydrogen (secondary N) is 2. The average molecular weight is 248 g/mol. The Morgan fingerprint density at radius 1 is 1.33 bits per heavy atom. The van der Waals surface area contributed by atoms with Gasteiger partial charge in [0, 0.05) is 12.7 Å². The van der Waals surface area contributed by atoms with Crippen LogP contribution in [-0.4, -0.2) is 12.6 Å². The van der Waals surface area contributed by atoms with Crippen LogP contribution in [0.2, 0.25) is 0 Å². The molecule has 18 heavy (non-hydrogen) atoms. The third-order valence-electron chi connectivity index (χ3n) is 2.82.